The van der Waals surface area contributed by atoms with Crippen LogP contribution in [0.2, 0.25) is 0 Å². The predicted molar refractivity (Wildman–Crippen MR) is 146 cm³/mol. The van der Waals surface area contributed by atoms with Gasteiger partial charge in [-0.1, -0.05) is 17.4 Å². The quantitative estimate of drug-likeness (QED) is 0.376. The Balaban J connectivity index is 0.00000342. The molecule has 11 heteroatoms. The number of benzene rings is 2. The molecule has 0 N–H and O–H groups in total. The third kappa shape index (κ3) is 6.18. The number of sulfone groups is 1. The minimum atomic E-state index is -3.40. The van der Waals surface area contributed by atoms with E-state index in [2.05, 4.69) is 4.90 Å². The molecule has 35 heavy (non-hydrogen) atoms. The minimum Gasteiger partial charge on any atom is -0.379 e. The molecule has 2 heterocycles. The predicted octanol–water partition coefficient (Wildman–Crippen LogP) is 4.60. The summed E-state index contributed by atoms with van der Waals surface area (Å²) in [6.45, 7) is 7.55. The fraction of sp³-hybridized carbons (Fsp3) is 0.417. The van der Waals surface area contributed by atoms with Crippen molar-refractivity contribution in [1.82, 2.24) is 9.88 Å². The fourth-order valence-corrected chi connectivity index (χ4v) is 6.46. The van der Waals surface area contributed by atoms with E-state index in [-0.39, 0.29) is 23.2 Å². The number of nitrogens with zero attached hydrogens (tertiary/aromatic N) is 3. The largest absolute Gasteiger partial charge is 0.379 e. The number of fused-ring (bicyclic) bond motifs is 1. The number of thiazole rings is 1. The Morgan fingerprint density at radius 3 is 2.49 bits per heavy atom. The molecule has 1 aromatic heterocycles. The maximum Gasteiger partial charge on any atom is 0.260 e. The molecule has 0 unspecified atom stereocenters. The van der Waals surface area contributed by atoms with Crippen LogP contribution >= 0.6 is 35.5 Å². The molecule has 3 aromatic rings. The molecule has 4 rings (SSSR count). The van der Waals surface area contributed by atoms with Gasteiger partial charge in [0.15, 0.2) is 15.0 Å². The summed E-state index contributed by atoms with van der Waals surface area (Å²) >= 11 is 3.13. The number of amides is 1. The Kier molecular flexibility index (Phi) is 9.59. The molecule has 190 valence electrons. The van der Waals surface area contributed by atoms with Crippen molar-refractivity contribution in [3.63, 3.8) is 0 Å². The van der Waals surface area contributed by atoms with Crippen LogP contribution in [-0.2, 0) is 14.6 Å². The molecule has 0 atom stereocenters. The lowest BCUT2D eigenvalue weighted by molar-refractivity contribution is 0.0391. The molecule has 0 radical (unpaired) electrons. The van der Waals surface area contributed by atoms with E-state index in [0.717, 1.165) is 28.2 Å². The Labute approximate surface area is 221 Å². The SMILES string of the molecule is CSc1cccc2sc(N(CCN3CCOCC3)C(=O)c3ccc(S(=O)(=O)C(C)C)cc3)nc12.Cl. The highest BCUT2D eigenvalue weighted by atomic mass is 35.5. The van der Waals surface area contributed by atoms with E-state index in [9.17, 15) is 13.2 Å². The third-order valence-electron chi connectivity index (χ3n) is 5.86. The average Bonchev–Trinajstić information content (AvgIpc) is 3.28. The average molecular weight is 556 g/mol. The summed E-state index contributed by atoms with van der Waals surface area (Å²) in [6, 6.07) is 12.3. The zero-order chi connectivity index (χ0) is 24.3. The third-order valence-corrected chi connectivity index (χ3v) is 9.84. The van der Waals surface area contributed by atoms with Crippen LogP contribution in [-0.4, -0.2) is 75.1 Å². The summed E-state index contributed by atoms with van der Waals surface area (Å²) in [4.78, 5) is 23.8. The van der Waals surface area contributed by atoms with Crippen molar-refractivity contribution in [3.8, 4) is 0 Å². The molecule has 0 spiro atoms. The fourth-order valence-electron chi connectivity index (χ4n) is 3.76. The number of carbonyl (C=O) groups is 1. The van der Waals surface area contributed by atoms with E-state index in [4.69, 9.17) is 9.72 Å². The highest BCUT2D eigenvalue weighted by Gasteiger charge is 2.25. The lowest BCUT2D eigenvalue weighted by atomic mass is 10.2. The van der Waals surface area contributed by atoms with Crippen LogP contribution in [0.15, 0.2) is 52.3 Å². The van der Waals surface area contributed by atoms with E-state index in [0.29, 0.717) is 37.0 Å². The van der Waals surface area contributed by atoms with E-state index in [1.54, 1.807) is 42.6 Å². The van der Waals surface area contributed by atoms with Crippen LogP contribution < -0.4 is 4.90 Å². The Morgan fingerprint density at radius 1 is 1.17 bits per heavy atom. The summed E-state index contributed by atoms with van der Waals surface area (Å²) in [6.07, 6.45) is 2.02. The van der Waals surface area contributed by atoms with Crippen molar-refractivity contribution in [2.45, 2.75) is 28.9 Å². The number of thioether (sulfide) groups is 1. The Hall–Kier alpha value is -1.69. The zero-order valence-electron chi connectivity index (χ0n) is 20.0. The number of ether oxygens (including phenoxy) is 1. The molecular weight excluding hydrogens is 526 g/mol. The lowest BCUT2D eigenvalue weighted by Crippen LogP contribution is -2.43. The standard InChI is InChI=1S/C24H29N3O4S3.ClH/c1-17(2)34(29,30)19-9-7-18(8-10-19)23(28)27(12-11-26-13-15-31-16-14-26)24-25-22-20(32-3)5-4-6-21(22)33-24;/h4-10,17H,11-16H2,1-3H3;1H. The molecule has 1 amide bonds. The summed E-state index contributed by atoms with van der Waals surface area (Å²) < 4.78 is 31.4. The van der Waals surface area contributed by atoms with Gasteiger partial charge < -0.3 is 4.74 Å². The molecule has 1 aliphatic heterocycles. The van der Waals surface area contributed by atoms with E-state index >= 15 is 0 Å². The second-order valence-electron chi connectivity index (χ2n) is 8.33. The minimum absolute atomic E-state index is 0. The number of hydrogen-bond acceptors (Lipinski definition) is 8. The number of halogens is 1. The highest BCUT2D eigenvalue weighted by Crippen LogP contribution is 2.34. The summed E-state index contributed by atoms with van der Waals surface area (Å²) in [5, 5.41) is 0.126. The smallest absolute Gasteiger partial charge is 0.260 e. The van der Waals surface area contributed by atoms with Crippen LogP contribution in [0, 0.1) is 0 Å². The summed E-state index contributed by atoms with van der Waals surface area (Å²) in [7, 11) is -3.40. The van der Waals surface area contributed by atoms with Gasteiger partial charge in [-0.25, -0.2) is 13.4 Å². The molecule has 1 aliphatic rings. The Bertz CT molecular complexity index is 1260. The molecule has 1 saturated heterocycles. The van der Waals surface area contributed by atoms with Crippen LogP contribution in [0.4, 0.5) is 5.13 Å². The lowest BCUT2D eigenvalue weighted by Gasteiger charge is -2.29. The number of aromatic nitrogens is 1. The van der Waals surface area contributed by atoms with Crippen LogP contribution in [0.1, 0.15) is 24.2 Å². The van der Waals surface area contributed by atoms with Crippen molar-refractivity contribution in [2.75, 3.05) is 50.5 Å². The van der Waals surface area contributed by atoms with Gasteiger partial charge in [0.1, 0.15) is 0 Å². The maximum absolute atomic E-state index is 13.6. The van der Waals surface area contributed by atoms with Gasteiger partial charge in [-0.15, -0.1) is 24.2 Å². The number of hydrogen-bond donors (Lipinski definition) is 0. The van der Waals surface area contributed by atoms with Gasteiger partial charge in [0, 0.05) is 36.6 Å². The van der Waals surface area contributed by atoms with Crippen LogP contribution in [0.3, 0.4) is 0 Å². The second-order valence-corrected chi connectivity index (χ2v) is 12.7. The number of anilines is 1. The second kappa shape index (κ2) is 12.0. The number of carbonyl (C=O) groups excluding carboxylic acids is 1. The van der Waals surface area contributed by atoms with Gasteiger partial charge in [-0.3, -0.25) is 14.6 Å². The monoisotopic (exact) mass is 555 g/mol. The summed E-state index contributed by atoms with van der Waals surface area (Å²) in [5.74, 6) is -0.188. The Morgan fingerprint density at radius 2 is 1.86 bits per heavy atom. The molecule has 0 saturated carbocycles. The van der Waals surface area contributed by atoms with Crippen molar-refractivity contribution >= 4 is 66.6 Å². The normalized spacial score (nSPS) is 14.7. The van der Waals surface area contributed by atoms with Crippen molar-refractivity contribution in [2.24, 2.45) is 0 Å². The van der Waals surface area contributed by atoms with Crippen molar-refractivity contribution in [3.05, 3.63) is 48.0 Å². The van der Waals surface area contributed by atoms with E-state index < -0.39 is 15.1 Å². The first-order chi connectivity index (χ1) is 16.3. The van der Waals surface area contributed by atoms with Gasteiger partial charge >= 0.3 is 0 Å². The van der Waals surface area contributed by atoms with Gasteiger partial charge in [-0.2, -0.15) is 0 Å². The first-order valence-electron chi connectivity index (χ1n) is 11.2. The zero-order valence-corrected chi connectivity index (χ0v) is 23.2. The van der Waals surface area contributed by atoms with Gasteiger partial charge in [0.2, 0.25) is 0 Å². The molecule has 7 nitrogen and oxygen atoms in total. The van der Waals surface area contributed by atoms with Crippen LogP contribution in [0.25, 0.3) is 10.2 Å². The van der Waals surface area contributed by atoms with E-state index in [1.165, 1.54) is 23.5 Å². The summed E-state index contributed by atoms with van der Waals surface area (Å²) in [5.41, 5.74) is 1.34. The van der Waals surface area contributed by atoms with Crippen molar-refractivity contribution < 1.29 is 17.9 Å². The van der Waals surface area contributed by atoms with Crippen LogP contribution in [0.5, 0.6) is 0 Å². The number of para-hydroxylation sites is 1. The number of morpholine rings is 1. The van der Waals surface area contributed by atoms with Crippen molar-refractivity contribution in [1.29, 1.82) is 0 Å². The molecule has 0 bridgehead atoms. The molecular formula is C24H30ClN3O4S3. The maximum atomic E-state index is 13.6. The molecule has 2 aromatic carbocycles. The van der Waals surface area contributed by atoms with E-state index in [1.807, 2.05) is 24.5 Å². The van der Waals surface area contributed by atoms with Gasteiger partial charge in [-0.05, 0) is 56.5 Å². The topological polar surface area (TPSA) is 79.8 Å². The molecule has 1 fully saturated rings. The highest BCUT2D eigenvalue weighted by molar-refractivity contribution is 7.98. The molecule has 0 aliphatic carbocycles. The van der Waals surface area contributed by atoms with Gasteiger partial charge in [0.05, 0.1) is 33.6 Å². The first kappa shape index (κ1) is 27.9. The number of rotatable bonds is 8. The van der Waals surface area contributed by atoms with Gasteiger partial charge in [0.25, 0.3) is 5.91 Å². The first-order valence-corrected chi connectivity index (χ1v) is 14.8.